The Hall–Kier alpha value is -0.960. The second-order valence-electron chi connectivity index (χ2n) is 2.58. The van der Waals surface area contributed by atoms with Crippen LogP contribution in [0.5, 0.6) is 5.75 Å². The van der Waals surface area contributed by atoms with E-state index >= 15 is 0 Å². The van der Waals surface area contributed by atoms with E-state index in [1.165, 1.54) is 0 Å². The van der Waals surface area contributed by atoms with E-state index in [2.05, 4.69) is 4.99 Å². The summed E-state index contributed by atoms with van der Waals surface area (Å²) < 4.78 is 0. The van der Waals surface area contributed by atoms with E-state index in [1.54, 1.807) is 23.9 Å². The van der Waals surface area contributed by atoms with Crippen molar-refractivity contribution in [2.24, 2.45) is 4.99 Å². The molecule has 0 amide bonds. The predicted molar refractivity (Wildman–Crippen MR) is 52.0 cm³/mol. The maximum Gasteiger partial charge on any atom is 0.115 e. The van der Waals surface area contributed by atoms with E-state index in [0.29, 0.717) is 5.75 Å². The average Bonchev–Trinajstić information content (AvgIpc) is 2.58. The van der Waals surface area contributed by atoms with E-state index in [0.717, 1.165) is 22.9 Å². The van der Waals surface area contributed by atoms with Crippen LogP contribution < -0.4 is 0 Å². The van der Waals surface area contributed by atoms with Gasteiger partial charge in [-0.1, -0.05) is 0 Å². The van der Waals surface area contributed by atoms with Gasteiger partial charge in [0.2, 0.25) is 0 Å². The summed E-state index contributed by atoms with van der Waals surface area (Å²) in [5.74, 6) is 1.39. The van der Waals surface area contributed by atoms with Crippen molar-refractivity contribution in [3.63, 3.8) is 0 Å². The lowest BCUT2D eigenvalue weighted by molar-refractivity contribution is 0.475. The fraction of sp³-hybridized carbons (Fsp3) is 0.222. The first-order chi connectivity index (χ1) is 5.86. The molecule has 0 saturated heterocycles. The minimum atomic E-state index is 0.308. The normalized spacial score (nSPS) is 16.2. The maximum atomic E-state index is 9.05. The van der Waals surface area contributed by atoms with E-state index in [4.69, 9.17) is 5.11 Å². The Bertz CT molecular complexity index is 305. The van der Waals surface area contributed by atoms with Crippen molar-refractivity contribution in [3.05, 3.63) is 29.8 Å². The lowest BCUT2D eigenvalue weighted by Gasteiger charge is -1.98. The molecule has 0 atom stereocenters. The van der Waals surface area contributed by atoms with Gasteiger partial charge in [0, 0.05) is 17.9 Å². The van der Waals surface area contributed by atoms with Crippen LogP contribution in [-0.2, 0) is 0 Å². The Morgan fingerprint density at radius 2 is 2.00 bits per heavy atom. The fourth-order valence-corrected chi connectivity index (χ4v) is 1.98. The van der Waals surface area contributed by atoms with Gasteiger partial charge in [-0.3, -0.25) is 4.99 Å². The molecule has 3 heteroatoms. The van der Waals surface area contributed by atoms with Crippen molar-refractivity contribution in [2.75, 3.05) is 12.3 Å². The minimum Gasteiger partial charge on any atom is -0.508 e. The average molecular weight is 179 g/mol. The first kappa shape index (κ1) is 7.68. The van der Waals surface area contributed by atoms with Crippen LogP contribution in [0.4, 0.5) is 0 Å². The molecule has 0 bridgehead atoms. The number of phenolic OH excluding ortho intramolecular Hbond substituents is 1. The molecule has 62 valence electrons. The number of thioether (sulfide) groups is 1. The number of benzene rings is 1. The van der Waals surface area contributed by atoms with Gasteiger partial charge >= 0.3 is 0 Å². The molecule has 0 radical (unpaired) electrons. The van der Waals surface area contributed by atoms with Crippen LogP contribution in [0.2, 0.25) is 0 Å². The van der Waals surface area contributed by atoms with Crippen LogP contribution in [-0.4, -0.2) is 22.4 Å². The van der Waals surface area contributed by atoms with Crippen molar-refractivity contribution in [1.82, 2.24) is 0 Å². The molecular formula is C9H9NOS. The summed E-state index contributed by atoms with van der Waals surface area (Å²) in [4.78, 5) is 4.33. The van der Waals surface area contributed by atoms with Gasteiger partial charge in [0.15, 0.2) is 0 Å². The largest absolute Gasteiger partial charge is 0.508 e. The van der Waals surface area contributed by atoms with Gasteiger partial charge in [0.05, 0.1) is 5.04 Å². The summed E-state index contributed by atoms with van der Waals surface area (Å²) in [6.07, 6.45) is 0. The first-order valence-corrected chi connectivity index (χ1v) is 4.81. The van der Waals surface area contributed by atoms with Crippen LogP contribution in [0.1, 0.15) is 5.56 Å². The van der Waals surface area contributed by atoms with Gasteiger partial charge in [-0.25, -0.2) is 0 Å². The zero-order valence-corrected chi connectivity index (χ0v) is 7.34. The molecule has 2 rings (SSSR count). The number of aromatic hydroxyl groups is 1. The lowest BCUT2D eigenvalue weighted by Crippen LogP contribution is -1.89. The molecule has 0 unspecified atom stereocenters. The number of nitrogens with zero attached hydrogens (tertiary/aromatic N) is 1. The summed E-state index contributed by atoms with van der Waals surface area (Å²) >= 11 is 1.77. The SMILES string of the molecule is Oc1ccc(C2=NCCS2)cc1. The molecule has 1 aliphatic heterocycles. The summed E-state index contributed by atoms with van der Waals surface area (Å²) in [5, 5.41) is 10.1. The Morgan fingerprint density at radius 1 is 1.25 bits per heavy atom. The number of phenols is 1. The molecule has 2 nitrogen and oxygen atoms in total. The number of aliphatic imine (C=N–C) groups is 1. The smallest absolute Gasteiger partial charge is 0.115 e. The summed E-state index contributed by atoms with van der Waals surface area (Å²) in [7, 11) is 0. The predicted octanol–water partition coefficient (Wildman–Crippen LogP) is 1.89. The molecule has 12 heavy (non-hydrogen) atoms. The molecule has 1 N–H and O–H groups in total. The second-order valence-corrected chi connectivity index (χ2v) is 3.67. The zero-order chi connectivity index (χ0) is 8.39. The highest BCUT2D eigenvalue weighted by molar-refractivity contribution is 8.14. The van der Waals surface area contributed by atoms with E-state index in [-0.39, 0.29) is 0 Å². The van der Waals surface area contributed by atoms with Gasteiger partial charge in [-0.05, 0) is 24.3 Å². The molecule has 0 fully saturated rings. The Morgan fingerprint density at radius 3 is 2.58 bits per heavy atom. The number of hydrogen-bond acceptors (Lipinski definition) is 3. The molecular weight excluding hydrogens is 170 g/mol. The lowest BCUT2D eigenvalue weighted by atomic mass is 10.2. The Kier molecular flexibility index (Phi) is 2.04. The molecule has 1 aliphatic rings. The molecule has 0 aromatic heterocycles. The van der Waals surface area contributed by atoms with Crippen LogP contribution in [0, 0.1) is 0 Å². The number of hydrogen-bond donors (Lipinski definition) is 1. The third-order valence-corrected chi connectivity index (χ3v) is 2.72. The highest BCUT2D eigenvalue weighted by Gasteiger charge is 2.08. The molecule has 0 aliphatic carbocycles. The minimum absolute atomic E-state index is 0.308. The van der Waals surface area contributed by atoms with Crippen LogP contribution in [0.3, 0.4) is 0 Å². The Labute approximate surface area is 75.3 Å². The van der Waals surface area contributed by atoms with E-state index < -0.39 is 0 Å². The fourth-order valence-electron chi connectivity index (χ4n) is 1.11. The van der Waals surface area contributed by atoms with Gasteiger partial charge in [-0.2, -0.15) is 0 Å². The molecule has 1 aromatic carbocycles. The molecule has 0 saturated carbocycles. The standard InChI is InChI=1S/C9H9NOS/c11-8-3-1-7(2-4-8)9-10-5-6-12-9/h1-4,11H,5-6H2. The van der Waals surface area contributed by atoms with Gasteiger partial charge in [0.25, 0.3) is 0 Å². The monoisotopic (exact) mass is 179 g/mol. The maximum absolute atomic E-state index is 9.05. The number of rotatable bonds is 1. The van der Waals surface area contributed by atoms with E-state index in [1.807, 2.05) is 12.1 Å². The van der Waals surface area contributed by atoms with Gasteiger partial charge < -0.3 is 5.11 Å². The quantitative estimate of drug-likeness (QED) is 0.714. The van der Waals surface area contributed by atoms with Crippen LogP contribution >= 0.6 is 11.8 Å². The molecule has 1 heterocycles. The summed E-state index contributed by atoms with van der Waals surface area (Å²) in [6.45, 7) is 0.918. The van der Waals surface area contributed by atoms with Crippen molar-refractivity contribution in [2.45, 2.75) is 0 Å². The van der Waals surface area contributed by atoms with E-state index in [9.17, 15) is 0 Å². The second kappa shape index (κ2) is 3.19. The summed E-state index contributed by atoms with van der Waals surface area (Å²) in [5.41, 5.74) is 1.11. The van der Waals surface area contributed by atoms with Crippen molar-refractivity contribution < 1.29 is 5.11 Å². The molecule has 1 aromatic rings. The first-order valence-electron chi connectivity index (χ1n) is 3.83. The third kappa shape index (κ3) is 1.46. The van der Waals surface area contributed by atoms with Crippen molar-refractivity contribution in [3.8, 4) is 5.75 Å². The van der Waals surface area contributed by atoms with Crippen molar-refractivity contribution in [1.29, 1.82) is 0 Å². The highest BCUT2D eigenvalue weighted by atomic mass is 32.2. The van der Waals surface area contributed by atoms with Crippen LogP contribution in [0.25, 0.3) is 0 Å². The zero-order valence-electron chi connectivity index (χ0n) is 6.53. The van der Waals surface area contributed by atoms with Gasteiger partial charge in [0.1, 0.15) is 5.75 Å². The topological polar surface area (TPSA) is 32.6 Å². The van der Waals surface area contributed by atoms with Crippen molar-refractivity contribution >= 4 is 16.8 Å². The Balaban J connectivity index is 2.28. The molecule has 0 spiro atoms. The summed E-state index contributed by atoms with van der Waals surface area (Å²) in [6, 6.07) is 7.17. The van der Waals surface area contributed by atoms with Gasteiger partial charge in [-0.15, -0.1) is 11.8 Å². The third-order valence-electron chi connectivity index (χ3n) is 1.70. The van der Waals surface area contributed by atoms with Crippen LogP contribution in [0.15, 0.2) is 29.3 Å². The highest BCUT2D eigenvalue weighted by Crippen LogP contribution is 2.20.